The van der Waals surface area contributed by atoms with E-state index in [1.807, 2.05) is 6.07 Å². The molecule has 4 N–H and O–H groups in total. The molecule has 5 nitrogen and oxygen atoms in total. The molecule has 1 aromatic rings. The number of carbonyl (C=O) groups excluding carboxylic acids is 1. The molecule has 0 radical (unpaired) electrons. The number of nitrogen functional groups attached to an aromatic ring is 1. The van der Waals surface area contributed by atoms with E-state index in [0.29, 0.717) is 18.5 Å². The third-order valence-corrected chi connectivity index (χ3v) is 5.13. The van der Waals surface area contributed by atoms with E-state index in [1.165, 1.54) is 5.56 Å². The Bertz CT molecular complexity index is 587. The highest BCUT2D eigenvalue weighted by atomic mass is 16.3. The minimum atomic E-state index is -0.170. The largest absolute Gasteiger partial charge is 0.397 e. The molecule has 3 aliphatic heterocycles. The lowest BCUT2D eigenvalue weighted by Crippen LogP contribution is -2.45. The van der Waals surface area contributed by atoms with Crippen molar-refractivity contribution in [3.8, 4) is 0 Å². The van der Waals surface area contributed by atoms with Crippen LogP contribution >= 0.6 is 0 Å². The second kappa shape index (κ2) is 4.63. The number of benzene rings is 1. The summed E-state index contributed by atoms with van der Waals surface area (Å²) in [7, 11) is 0. The molecular weight excluding hydrogens is 266 g/mol. The van der Waals surface area contributed by atoms with Crippen LogP contribution < -0.4 is 16.0 Å². The summed E-state index contributed by atoms with van der Waals surface area (Å²) in [5.74, 6) is 0.0656. The fourth-order valence-corrected chi connectivity index (χ4v) is 4.20. The SMILES string of the molecule is Nc1cc2c(cc1N1C3CCC1CC(O)C3)CCC(=O)N2. The Labute approximate surface area is 124 Å². The highest BCUT2D eigenvalue weighted by molar-refractivity contribution is 5.95. The summed E-state index contributed by atoms with van der Waals surface area (Å²) in [6, 6.07) is 4.84. The molecule has 0 spiro atoms. The van der Waals surface area contributed by atoms with Crippen LogP contribution in [0.1, 0.15) is 37.7 Å². The van der Waals surface area contributed by atoms with Crippen LogP contribution in [0.5, 0.6) is 0 Å². The van der Waals surface area contributed by atoms with Gasteiger partial charge in [-0.25, -0.2) is 0 Å². The summed E-state index contributed by atoms with van der Waals surface area (Å²) >= 11 is 0. The Morgan fingerprint density at radius 2 is 1.90 bits per heavy atom. The van der Waals surface area contributed by atoms with Gasteiger partial charge in [0.05, 0.1) is 17.5 Å². The predicted octanol–water partition coefficient (Wildman–Crippen LogP) is 1.65. The number of aliphatic hydroxyl groups excluding tert-OH is 1. The zero-order chi connectivity index (χ0) is 14.6. The van der Waals surface area contributed by atoms with Gasteiger partial charge < -0.3 is 21.1 Å². The van der Waals surface area contributed by atoms with Crippen LogP contribution in [0.3, 0.4) is 0 Å². The summed E-state index contributed by atoms with van der Waals surface area (Å²) in [6.07, 6.45) is 5.09. The molecule has 0 aliphatic carbocycles. The fourth-order valence-electron chi connectivity index (χ4n) is 4.20. The zero-order valence-corrected chi connectivity index (χ0v) is 12.0. The number of amides is 1. The molecule has 2 saturated heterocycles. The van der Waals surface area contributed by atoms with E-state index in [2.05, 4.69) is 16.3 Å². The molecule has 1 amide bonds. The summed E-state index contributed by atoms with van der Waals surface area (Å²) in [4.78, 5) is 13.9. The second-order valence-electron chi connectivity index (χ2n) is 6.53. The molecule has 4 rings (SSSR count). The predicted molar refractivity (Wildman–Crippen MR) is 82.3 cm³/mol. The van der Waals surface area contributed by atoms with E-state index in [4.69, 9.17) is 5.73 Å². The lowest BCUT2D eigenvalue weighted by molar-refractivity contribution is -0.116. The molecule has 21 heavy (non-hydrogen) atoms. The van der Waals surface area contributed by atoms with E-state index in [0.717, 1.165) is 49.2 Å². The average molecular weight is 287 g/mol. The number of hydrogen-bond donors (Lipinski definition) is 3. The van der Waals surface area contributed by atoms with Gasteiger partial charge in [0.1, 0.15) is 0 Å². The van der Waals surface area contributed by atoms with Crippen molar-refractivity contribution in [3.63, 3.8) is 0 Å². The standard InChI is InChI=1S/C16H21N3O2/c17-13-8-14-9(1-4-16(21)18-14)5-15(13)19-10-2-3-11(19)7-12(20)6-10/h5,8,10-12,20H,1-4,6-7,17H2,(H,18,21). The van der Waals surface area contributed by atoms with Crippen LogP contribution in [0.25, 0.3) is 0 Å². The Morgan fingerprint density at radius 3 is 2.62 bits per heavy atom. The van der Waals surface area contributed by atoms with E-state index in [-0.39, 0.29) is 12.0 Å². The molecule has 1 aromatic carbocycles. The first-order valence-electron chi connectivity index (χ1n) is 7.80. The van der Waals surface area contributed by atoms with E-state index >= 15 is 0 Å². The van der Waals surface area contributed by atoms with Gasteiger partial charge in [-0.05, 0) is 49.8 Å². The van der Waals surface area contributed by atoms with Gasteiger partial charge in [0, 0.05) is 24.2 Å². The van der Waals surface area contributed by atoms with Gasteiger partial charge >= 0.3 is 0 Å². The monoisotopic (exact) mass is 287 g/mol. The van der Waals surface area contributed by atoms with Crippen molar-refractivity contribution in [2.45, 2.75) is 56.7 Å². The van der Waals surface area contributed by atoms with Gasteiger partial charge in [-0.1, -0.05) is 0 Å². The molecule has 0 aromatic heterocycles. The minimum absolute atomic E-state index is 0.0656. The number of aryl methyl sites for hydroxylation is 1. The highest BCUT2D eigenvalue weighted by Gasteiger charge is 2.41. The fraction of sp³-hybridized carbons (Fsp3) is 0.562. The maximum Gasteiger partial charge on any atom is 0.224 e. The number of rotatable bonds is 1. The summed E-state index contributed by atoms with van der Waals surface area (Å²) < 4.78 is 0. The normalized spacial score (nSPS) is 31.0. The number of nitrogens with one attached hydrogen (secondary N) is 1. The summed E-state index contributed by atoms with van der Waals surface area (Å²) in [6.45, 7) is 0. The molecule has 2 fully saturated rings. The van der Waals surface area contributed by atoms with Crippen molar-refractivity contribution >= 4 is 23.0 Å². The quantitative estimate of drug-likeness (QED) is 0.686. The maximum absolute atomic E-state index is 11.5. The average Bonchev–Trinajstić information content (AvgIpc) is 2.70. The van der Waals surface area contributed by atoms with Crippen LogP contribution in [-0.4, -0.2) is 29.2 Å². The molecule has 3 aliphatic rings. The Morgan fingerprint density at radius 1 is 1.19 bits per heavy atom. The molecule has 2 bridgehead atoms. The van der Waals surface area contributed by atoms with E-state index < -0.39 is 0 Å². The first-order chi connectivity index (χ1) is 10.1. The Balaban J connectivity index is 1.71. The number of aliphatic hydroxyl groups is 1. The van der Waals surface area contributed by atoms with Gasteiger partial charge in [-0.3, -0.25) is 4.79 Å². The smallest absolute Gasteiger partial charge is 0.224 e. The molecule has 2 atom stereocenters. The molecule has 0 saturated carbocycles. The number of anilines is 3. The van der Waals surface area contributed by atoms with Crippen LogP contribution in [0.2, 0.25) is 0 Å². The van der Waals surface area contributed by atoms with E-state index in [1.54, 1.807) is 0 Å². The van der Waals surface area contributed by atoms with Gasteiger partial charge in [-0.2, -0.15) is 0 Å². The van der Waals surface area contributed by atoms with Gasteiger partial charge in [-0.15, -0.1) is 0 Å². The Kier molecular flexibility index (Phi) is 2.85. The summed E-state index contributed by atoms with van der Waals surface area (Å²) in [5.41, 5.74) is 10.1. The number of piperidine rings is 1. The molecule has 5 heteroatoms. The van der Waals surface area contributed by atoms with Crippen LogP contribution in [0.4, 0.5) is 17.1 Å². The number of nitrogens with two attached hydrogens (primary N) is 1. The van der Waals surface area contributed by atoms with Crippen molar-refractivity contribution in [2.75, 3.05) is 16.0 Å². The van der Waals surface area contributed by atoms with Gasteiger partial charge in [0.25, 0.3) is 0 Å². The molecular formula is C16H21N3O2. The second-order valence-corrected chi connectivity index (χ2v) is 6.53. The van der Waals surface area contributed by atoms with Crippen molar-refractivity contribution in [1.82, 2.24) is 0 Å². The maximum atomic E-state index is 11.5. The lowest BCUT2D eigenvalue weighted by Gasteiger charge is -2.40. The lowest BCUT2D eigenvalue weighted by atomic mass is 9.96. The summed E-state index contributed by atoms with van der Waals surface area (Å²) in [5, 5.41) is 12.8. The highest BCUT2D eigenvalue weighted by Crippen LogP contribution is 2.43. The molecule has 112 valence electrons. The number of hydrogen-bond acceptors (Lipinski definition) is 4. The third-order valence-electron chi connectivity index (χ3n) is 5.13. The Hall–Kier alpha value is -1.75. The first kappa shape index (κ1) is 13.0. The van der Waals surface area contributed by atoms with Crippen molar-refractivity contribution in [2.24, 2.45) is 0 Å². The van der Waals surface area contributed by atoms with Crippen molar-refractivity contribution < 1.29 is 9.90 Å². The van der Waals surface area contributed by atoms with Gasteiger partial charge in [0.2, 0.25) is 5.91 Å². The molecule has 3 heterocycles. The van der Waals surface area contributed by atoms with E-state index in [9.17, 15) is 9.90 Å². The van der Waals surface area contributed by atoms with Crippen molar-refractivity contribution in [1.29, 1.82) is 0 Å². The number of nitrogens with zero attached hydrogens (tertiary/aromatic N) is 1. The third kappa shape index (κ3) is 2.07. The van der Waals surface area contributed by atoms with Crippen molar-refractivity contribution in [3.05, 3.63) is 17.7 Å². The minimum Gasteiger partial charge on any atom is -0.397 e. The zero-order valence-electron chi connectivity index (χ0n) is 12.0. The molecule has 2 unspecified atom stereocenters. The van der Waals surface area contributed by atoms with Crippen LogP contribution in [0.15, 0.2) is 12.1 Å². The van der Waals surface area contributed by atoms with Crippen LogP contribution in [0, 0.1) is 0 Å². The number of fused-ring (bicyclic) bond motifs is 3. The topological polar surface area (TPSA) is 78.6 Å². The van der Waals surface area contributed by atoms with Gasteiger partial charge in [0.15, 0.2) is 0 Å². The first-order valence-corrected chi connectivity index (χ1v) is 7.80. The van der Waals surface area contributed by atoms with Crippen LogP contribution in [-0.2, 0) is 11.2 Å². The number of carbonyl (C=O) groups is 1.